The van der Waals surface area contributed by atoms with Crippen molar-refractivity contribution in [3.05, 3.63) is 57.6 Å². The Bertz CT molecular complexity index is 1120. The number of hydrogen-bond donors (Lipinski definition) is 0. The molecule has 0 aliphatic carbocycles. The molecule has 0 radical (unpaired) electrons. The maximum Gasteiger partial charge on any atom is 0.295 e. The predicted octanol–water partition coefficient (Wildman–Crippen LogP) is 3.54. The summed E-state index contributed by atoms with van der Waals surface area (Å²) in [5, 5.41) is 0. The number of ketones is 1. The zero-order valence-corrected chi connectivity index (χ0v) is 20.1. The lowest BCUT2D eigenvalue weighted by atomic mass is 9.78. The predicted molar refractivity (Wildman–Crippen MR) is 124 cm³/mol. The van der Waals surface area contributed by atoms with Crippen molar-refractivity contribution in [2.24, 2.45) is 0 Å². The second-order valence-electron chi connectivity index (χ2n) is 8.69. The quantitative estimate of drug-likeness (QED) is 0.462. The third kappa shape index (κ3) is 3.51. The molecular formula is C25H25BrN2O5. The van der Waals surface area contributed by atoms with E-state index in [9.17, 15) is 14.4 Å². The van der Waals surface area contributed by atoms with Gasteiger partial charge >= 0.3 is 0 Å². The first kappa shape index (κ1) is 21.9. The molecule has 2 fully saturated rings. The topological polar surface area (TPSA) is 76.2 Å². The van der Waals surface area contributed by atoms with Crippen molar-refractivity contribution >= 4 is 33.5 Å². The second-order valence-corrected chi connectivity index (χ2v) is 9.61. The van der Waals surface area contributed by atoms with Crippen LogP contribution in [-0.4, -0.2) is 60.2 Å². The highest BCUT2D eigenvalue weighted by Gasteiger charge is 2.54. The van der Waals surface area contributed by atoms with E-state index >= 15 is 0 Å². The number of carbonyl (C=O) groups excluding carboxylic acids is 3. The van der Waals surface area contributed by atoms with E-state index in [0.717, 1.165) is 28.4 Å². The number of carbonyl (C=O) groups is 3. The lowest BCUT2D eigenvalue weighted by Gasteiger charge is -2.55. The summed E-state index contributed by atoms with van der Waals surface area (Å²) in [5.41, 5.74) is 2.29. The van der Waals surface area contributed by atoms with Gasteiger partial charge in [-0.15, -0.1) is 0 Å². The minimum absolute atomic E-state index is 0.0866. The highest BCUT2D eigenvalue weighted by molar-refractivity contribution is 9.10. The molecule has 0 N–H and O–H groups in total. The Balaban J connectivity index is 1.58. The molecule has 7 nitrogen and oxygen atoms in total. The molecule has 1 unspecified atom stereocenters. The fourth-order valence-electron chi connectivity index (χ4n) is 5.58. The third-order valence-electron chi connectivity index (χ3n) is 7.05. The molecule has 2 aromatic carbocycles. The van der Waals surface area contributed by atoms with Gasteiger partial charge in [-0.2, -0.15) is 0 Å². The normalized spacial score (nSPS) is 23.5. The number of nitrogens with zero attached hydrogens (tertiary/aromatic N) is 2. The summed E-state index contributed by atoms with van der Waals surface area (Å²) in [6, 6.07) is 9.30. The molecule has 2 amide bonds. The minimum Gasteiger partial charge on any atom is -0.497 e. The molecule has 3 heterocycles. The molecule has 2 saturated heterocycles. The largest absolute Gasteiger partial charge is 0.497 e. The molecule has 172 valence electrons. The summed E-state index contributed by atoms with van der Waals surface area (Å²) < 4.78 is 12.0. The van der Waals surface area contributed by atoms with Crippen LogP contribution in [0.2, 0.25) is 0 Å². The number of ether oxygens (including phenoxy) is 2. The number of piperazine rings is 1. The molecule has 2 bridgehead atoms. The molecule has 33 heavy (non-hydrogen) atoms. The van der Waals surface area contributed by atoms with Crippen molar-refractivity contribution in [2.45, 2.75) is 43.8 Å². The van der Waals surface area contributed by atoms with Crippen molar-refractivity contribution in [3.63, 3.8) is 0 Å². The fourth-order valence-corrected chi connectivity index (χ4v) is 5.84. The number of methoxy groups -OCH3 is 2. The highest BCUT2D eigenvalue weighted by atomic mass is 79.9. The number of amides is 2. The molecule has 5 rings (SSSR count). The van der Waals surface area contributed by atoms with Crippen LogP contribution in [0.5, 0.6) is 11.5 Å². The minimum atomic E-state index is -0.611. The van der Waals surface area contributed by atoms with Gasteiger partial charge in [0.1, 0.15) is 17.5 Å². The molecule has 0 aromatic heterocycles. The number of halogens is 1. The second kappa shape index (κ2) is 8.48. The lowest BCUT2D eigenvalue weighted by Crippen LogP contribution is -2.68. The van der Waals surface area contributed by atoms with Crippen LogP contribution in [0.3, 0.4) is 0 Å². The molecule has 2 aromatic rings. The van der Waals surface area contributed by atoms with E-state index in [4.69, 9.17) is 9.47 Å². The Kier molecular flexibility index (Phi) is 5.64. The van der Waals surface area contributed by atoms with Gasteiger partial charge in [0, 0.05) is 28.2 Å². The Morgan fingerprint density at radius 3 is 2.52 bits per heavy atom. The van der Waals surface area contributed by atoms with Gasteiger partial charge in [-0.3, -0.25) is 14.4 Å². The van der Waals surface area contributed by atoms with Crippen LogP contribution >= 0.6 is 15.9 Å². The average Bonchev–Trinajstić information content (AvgIpc) is 2.85. The first-order chi connectivity index (χ1) is 15.9. The van der Waals surface area contributed by atoms with Gasteiger partial charge in [0.2, 0.25) is 11.7 Å². The lowest BCUT2D eigenvalue weighted by molar-refractivity contribution is -0.164. The summed E-state index contributed by atoms with van der Waals surface area (Å²) in [7, 11) is 3.21. The molecule has 3 atom stereocenters. The number of Topliss-reactive ketones (excluding diaryl/α,β-unsaturated/α-hetero) is 1. The summed E-state index contributed by atoms with van der Waals surface area (Å²) >= 11 is 3.36. The molecule has 3 aliphatic heterocycles. The van der Waals surface area contributed by atoms with E-state index in [1.807, 2.05) is 17.0 Å². The zero-order chi connectivity index (χ0) is 23.3. The number of benzene rings is 2. The van der Waals surface area contributed by atoms with Gasteiger partial charge < -0.3 is 19.3 Å². The van der Waals surface area contributed by atoms with E-state index in [-0.39, 0.29) is 18.0 Å². The van der Waals surface area contributed by atoms with Gasteiger partial charge in [0.05, 0.1) is 26.3 Å². The van der Waals surface area contributed by atoms with Gasteiger partial charge in [-0.25, -0.2) is 0 Å². The number of rotatable bonds is 4. The van der Waals surface area contributed by atoms with Crippen LogP contribution in [0.15, 0.2) is 40.9 Å². The van der Waals surface area contributed by atoms with Crippen molar-refractivity contribution in [2.75, 3.05) is 20.8 Å². The SMILES string of the molecule is COc1cc2c(c(OC)c1)C1[C@H]3CCC[C@@H](C(=O)N1CC2)N3C(=O)C(=O)c1ccc(Br)cc1. The highest BCUT2D eigenvalue weighted by Crippen LogP contribution is 2.48. The Labute approximate surface area is 200 Å². The maximum atomic E-state index is 13.6. The van der Waals surface area contributed by atoms with E-state index in [1.165, 1.54) is 0 Å². The van der Waals surface area contributed by atoms with Crippen LogP contribution < -0.4 is 9.47 Å². The Morgan fingerprint density at radius 1 is 1.06 bits per heavy atom. The standard InChI is InChI=1S/C25H25BrN2O5/c1-32-17-12-15-10-11-27-22(21(15)20(13-17)33-2)18-4-3-5-19(24(27)30)28(18)25(31)23(29)14-6-8-16(26)9-7-14/h6-9,12-13,18-19,22H,3-5,10-11H2,1-2H3/t18-,19+,22?/m1/s1. The smallest absolute Gasteiger partial charge is 0.295 e. The number of hydrogen-bond acceptors (Lipinski definition) is 5. The van der Waals surface area contributed by atoms with Crippen molar-refractivity contribution in [1.29, 1.82) is 0 Å². The van der Waals surface area contributed by atoms with Crippen LogP contribution in [0.25, 0.3) is 0 Å². The van der Waals surface area contributed by atoms with E-state index in [0.29, 0.717) is 36.4 Å². The van der Waals surface area contributed by atoms with E-state index < -0.39 is 17.7 Å². The average molecular weight is 513 g/mol. The van der Waals surface area contributed by atoms with Crippen molar-refractivity contribution in [1.82, 2.24) is 9.80 Å². The van der Waals surface area contributed by atoms with Crippen LogP contribution in [-0.2, 0) is 16.0 Å². The first-order valence-corrected chi connectivity index (χ1v) is 11.9. The molecule has 8 heteroatoms. The molecule has 3 aliphatic rings. The van der Waals surface area contributed by atoms with E-state index in [2.05, 4.69) is 15.9 Å². The number of fused-ring (bicyclic) bond motifs is 6. The summed E-state index contributed by atoms with van der Waals surface area (Å²) in [6.07, 6.45) is 2.81. The monoisotopic (exact) mass is 512 g/mol. The molecule has 0 spiro atoms. The zero-order valence-electron chi connectivity index (χ0n) is 18.5. The van der Waals surface area contributed by atoms with Gasteiger partial charge in [0.15, 0.2) is 0 Å². The first-order valence-electron chi connectivity index (χ1n) is 11.1. The fraction of sp³-hybridized carbons (Fsp3) is 0.400. The van der Waals surface area contributed by atoms with Crippen molar-refractivity contribution < 1.29 is 23.9 Å². The van der Waals surface area contributed by atoms with Crippen molar-refractivity contribution in [3.8, 4) is 11.5 Å². The summed E-state index contributed by atoms with van der Waals surface area (Å²) in [6.45, 7) is 0.572. The van der Waals surface area contributed by atoms with Gasteiger partial charge in [-0.1, -0.05) is 15.9 Å². The van der Waals surface area contributed by atoms with E-state index in [1.54, 1.807) is 43.4 Å². The van der Waals surface area contributed by atoms with Crippen LogP contribution in [0.4, 0.5) is 0 Å². The third-order valence-corrected chi connectivity index (χ3v) is 7.58. The van der Waals surface area contributed by atoms with Crippen LogP contribution in [0, 0.1) is 0 Å². The number of piperidine rings is 1. The van der Waals surface area contributed by atoms with Gasteiger partial charge in [0.25, 0.3) is 5.91 Å². The van der Waals surface area contributed by atoms with Gasteiger partial charge in [-0.05, 0) is 61.6 Å². The van der Waals surface area contributed by atoms with Crippen LogP contribution in [0.1, 0.15) is 46.8 Å². The Hall–Kier alpha value is -2.87. The molecular weight excluding hydrogens is 488 g/mol. The maximum absolute atomic E-state index is 13.6. The summed E-state index contributed by atoms with van der Waals surface area (Å²) in [5.74, 6) is 0.0537. The molecule has 0 saturated carbocycles. The Morgan fingerprint density at radius 2 is 1.82 bits per heavy atom. The summed E-state index contributed by atoms with van der Waals surface area (Å²) in [4.78, 5) is 43.7.